The van der Waals surface area contributed by atoms with E-state index in [1.807, 2.05) is 29.8 Å². The molecule has 0 aliphatic heterocycles. The molecular weight excluding hydrogens is 272 g/mol. The molecular formula is C14H14N4OS. The number of hydrogen-bond donors (Lipinski definition) is 3. The van der Waals surface area contributed by atoms with Crippen molar-refractivity contribution in [3.8, 4) is 0 Å². The predicted octanol–water partition coefficient (Wildman–Crippen LogP) is 2.99. The Morgan fingerprint density at radius 3 is 3.10 bits per heavy atom. The second-order valence-corrected chi connectivity index (χ2v) is 5.22. The number of nitrogens with one attached hydrogen (secondary N) is 3. The lowest BCUT2D eigenvalue weighted by Crippen LogP contribution is -2.30. The molecule has 3 N–H and O–H groups in total. The zero-order chi connectivity index (χ0) is 13.8. The second kappa shape index (κ2) is 5.75. The molecule has 0 saturated heterocycles. The number of amides is 2. The largest absolute Gasteiger partial charge is 0.361 e. The van der Waals surface area contributed by atoms with Gasteiger partial charge in [0.25, 0.3) is 0 Å². The predicted molar refractivity (Wildman–Crippen MR) is 81.1 cm³/mol. The molecule has 0 spiro atoms. The fraction of sp³-hybridized carbons (Fsp3) is 0.143. The van der Waals surface area contributed by atoms with Gasteiger partial charge in [-0.2, -0.15) is 0 Å². The van der Waals surface area contributed by atoms with Crippen molar-refractivity contribution in [2.75, 3.05) is 11.9 Å². The number of thiazole rings is 1. The van der Waals surface area contributed by atoms with Crippen molar-refractivity contribution < 1.29 is 4.79 Å². The summed E-state index contributed by atoms with van der Waals surface area (Å²) >= 11 is 1.40. The Balaban J connectivity index is 1.53. The summed E-state index contributed by atoms with van der Waals surface area (Å²) in [6.45, 7) is 0.582. The number of H-pyrrole nitrogens is 1. The third-order valence-electron chi connectivity index (χ3n) is 3.01. The first kappa shape index (κ1) is 12.7. The van der Waals surface area contributed by atoms with Gasteiger partial charge in [0.2, 0.25) is 0 Å². The average Bonchev–Trinajstić information content (AvgIpc) is 3.09. The number of urea groups is 1. The lowest BCUT2D eigenvalue weighted by molar-refractivity contribution is 0.252. The van der Waals surface area contributed by atoms with Crippen molar-refractivity contribution in [2.45, 2.75) is 6.42 Å². The lowest BCUT2D eigenvalue weighted by atomic mass is 10.1. The smallest absolute Gasteiger partial charge is 0.321 e. The first-order valence-corrected chi connectivity index (χ1v) is 7.20. The van der Waals surface area contributed by atoms with Crippen LogP contribution in [0.25, 0.3) is 10.9 Å². The molecule has 6 heteroatoms. The van der Waals surface area contributed by atoms with Crippen molar-refractivity contribution >= 4 is 33.4 Å². The highest BCUT2D eigenvalue weighted by atomic mass is 32.1. The second-order valence-electron chi connectivity index (χ2n) is 4.33. The van der Waals surface area contributed by atoms with Crippen molar-refractivity contribution in [1.82, 2.24) is 15.3 Å². The van der Waals surface area contributed by atoms with Crippen LogP contribution in [-0.4, -0.2) is 22.5 Å². The van der Waals surface area contributed by atoms with Gasteiger partial charge in [-0.05, 0) is 18.1 Å². The number of benzene rings is 1. The topological polar surface area (TPSA) is 69.8 Å². The van der Waals surface area contributed by atoms with E-state index < -0.39 is 0 Å². The Hall–Kier alpha value is -2.34. The van der Waals surface area contributed by atoms with Crippen LogP contribution in [0.2, 0.25) is 0 Å². The summed E-state index contributed by atoms with van der Waals surface area (Å²) in [7, 11) is 0. The van der Waals surface area contributed by atoms with Crippen molar-refractivity contribution in [3.63, 3.8) is 0 Å². The Morgan fingerprint density at radius 1 is 1.35 bits per heavy atom. The minimum absolute atomic E-state index is 0.222. The Bertz CT molecular complexity index is 705. The maximum absolute atomic E-state index is 11.6. The van der Waals surface area contributed by atoms with E-state index in [0.29, 0.717) is 11.7 Å². The molecule has 2 aromatic heterocycles. The molecule has 0 radical (unpaired) electrons. The molecule has 0 aliphatic carbocycles. The zero-order valence-corrected chi connectivity index (χ0v) is 11.5. The Morgan fingerprint density at radius 2 is 2.25 bits per heavy atom. The number of fused-ring (bicyclic) bond motifs is 1. The number of rotatable bonds is 4. The number of aromatic amines is 1. The molecule has 3 aromatic rings. The van der Waals surface area contributed by atoms with E-state index in [2.05, 4.69) is 26.7 Å². The number of aromatic nitrogens is 2. The Kier molecular flexibility index (Phi) is 3.64. The van der Waals surface area contributed by atoms with Gasteiger partial charge in [-0.15, -0.1) is 11.3 Å². The number of carbonyl (C=O) groups excluding carboxylic acids is 1. The van der Waals surface area contributed by atoms with E-state index in [1.54, 1.807) is 6.20 Å². The third kappa shape index (κ3) is 2.80. The highest BCUT2D eigenvalue weighted by Gasteiger charge is 2.05. The van der Waals surface area contributed by atoms with E-state index >= 15 is 0 Å². The van der Waals surface area contributed by atoms with Crippen LogP contribution < -0.4 is 10.6 Å². The fourth-order valence-electron chi connectivity index (χ4n) is 2.08. The van der Waals surface area contributed by atoms with Gasteiger partial charge in [0.1, 0.15) is 0 Å². The molecule has 0 fully saturated rings. The maximum Gasteiger partial charge on any atom is 0.321 e. The van der Waals surface area contributed by atoms with E-state index in [4.69, 9.17) is 0 Å². The molecule has 20 heavy (non-hydrogen) atoms. The van der Waals surface area contributed by atoms with Crippen molar-refractivity contribution in [1.29, 1.82) is 0 Å². The van der Waals surface area contributed by atoms with Gasteiger partial charge in [-0.1, -0.05) is 18.2 Å². The van der Waals surface area contributed by atoms with Crippen LogP contribution in [0.5, 0.6) is 0 Å². The molecule has 2 heterocycles. The maximum atomic E-state index is 11.6. The highest BCUT2D eigenvalue weighted by Crippen LogP contribution is 2.17. The monoisotopic (exact) mass is 286 g/mol. The minimum atomic E-state index is -0.222. The molecule has 2 amide bonds. The van der Waals surface area contributed by atoms with Crippen LogP contribution in [0.1, 0.15) is 5.56 Å². The van der Waals surface area contributed by atoms with Gasteiger partial charge < -0.3 is 10.3 Å². The number of hydrogen-bond acceptors (Lipinski definition) is 3. The number of carbonyl (C=O) groups is 1. The molecule has 3 rings (SSSR count). The summed E-state index contributed by atoms with van der Waals surface area (Å²) in [5.41, 5.74) is 2.32. The van der Waals surface area contributed by atoms with Gasteiger partial charge in [0.15, 0.2) is 5.13 Å². The van der Waals surface area contributed by atoms with Crippen molar-refractivity contribution in [3.05, 3.63) is 47.6 Å². The van der Waals surface area contributed by atoms with Gasteiger partial charge in [0.05, 0.1) is 0 Å². The quantitative estimate of drug-likeness (QED) is 0.690. The molecule has 0 bridgehead atoms. The minimum Gasteiger partial charge on any atom is -0.361 e. The highest BCUT2D eigenvalue weighted by molar-refractivity contribution is 7.13. The van der Waals surface area contributed by atoms with E-state index in [-0.39, 0.29) is 6.03 Å². The van der Waals surface area contributed by atoms with Crippen molar-refractivity contribution in [2.24, 2.45) is 0 Å². The van der Waals surface area contributed by atoms with Gasteiger partial charge in [-0.3, -0.25) is 5.32 Å². The van der Waals surface area contributed by atoms with Crippen LogP contribution in [0.4, 0.5) is 9.93 Å². The number of para-hydroxylation sites is 1. The standard InChI is InChI=1S/C14H14N4OS/c19-13(18-14-16-7-8-20-14)15-6-5-10-9-17-12-4-2-1-3-11(10)12/h1-4,7-9,17H,5-6H2,(H2,15,16,18,19). The molecule has 0 unspecified atom stereocenters. The SMILES string of the molecule is O=C(NCCc1c[nH]c2ccccc12)Nc1nccs1. The molecule has 5 nitrogen and oxygen atoms in total. The molecule has 0 aliphatic rings. The van der Waals surface area contributed by atoms with E-state index in [9.17, 15) is 4.79 Å². The van der Waals surface area contributed by atoms with Crippen LogP contribution >= 0.6 is 11.3 Å². The summed E-state index contributed by atoms with van der Waals surface area (Å²) < 4.78 is 0. The average molecular weight is 286 g/mol. The summed E-state index contributed by atoms with van der Waals surface area (Å²) in [5.74, 6) is 0. The zero-order valence-electron chi connectivity index (χ0n) is 10.7. The molecule has 0 saturated carbocycles. The Labute approximate surface area is 120 Å². The fourth-order valence-corrected chi connectivity index (χ4v) is 2.60. The number of nitrogens with zero attached hydrogens (tertiary/aromatic N) is 1. The lowest BCUT2D eigenvalue weighted by Gasteiger charge is -2.04. The summed E-state index contributed by atoms with van der Waals surface area (Å²) in [6.07, 6.45) is 4.44. The normalized spacial score (nSPS) is 10.6. The van der Waals surface area contributed by atoms with Gasteiger partial charge >= 0.3 is 6.03 Å². The van der Waals surface area contributed by atoms with E-state index in [0.717, 1.165) is 11.9 Å². The third-order valence-corrected chi connectivity index (χ3v) is 3.70. The molecule has 1 aromatic carbocycles. The van der Waals surface area contributed by atoms with Crippen LogP contribution in [0, 0.1) is 0 Å². The first-order valence-electron chi connectivity index (χ1n) is 6.32. The van der Waals surface area contributed by atoms with Gasteiger partial charge in [-0.25, -0.2) is 9.78 Å². The number of anilines is 1. The molecule has 0 atom stereocenters. The van der Waals surface area contributed by atoms with Gasteiger partial charge in [0, 0.05) is 35.2 Å². The summed E-state index contributed by atoms with van der Waals surface area (Å²) in [6, 6.07) is 7.92. The van der Waals surface area contributed by atoms with E-state index in [1.165, 1.54) is 22.3 Å². The summed E-state index contributed by atoms with van der Waals surface area (Å²) in [5, 5.41) is 9.15. The van der Waals surface area contributed by atoms with Crippen LogP contribution in [-0.2, 0) is 6.42 Å². The summed E-state index contributed by atoms with van der Waals surface area (Å²) in [4.78, 5) is 18.9. The van der Waals surface area contributed by atoms with Crippen LogP contribution in [0.15, 0.2) is 42.0 Å². The molecule has 102 valence electrons. The van der Waals surface area contributed by atoms with Crippen LogP contribution in [0.3, 0.4) is 0 Å². The first-order chi connectivity index (χ1) is 9.83.